The number of aromatic nitrogens is 1. The molecule has 25 heavy (non-hydrogen) atoms. The standard InChI is InChI=1S/C18H19F2N3O2/c1-12-2-4-13(5-3-12)11-23-9-8-15(17(23)24)22-16-7-6-14(10-21-16)25-18(19)20/h2-7,10,15,18H,8-9,11H2,1H3,(H,21,22). The highest BCUT2D eigenvalue weighted by Crippen LogP contribution is 2.20. The summed E-state index contributed by atoms with van der Waals surface area (Å²) in [5.74, 6) is 0.451. The minimum Gasteiger partial charge on any atom is -0.433 e. The van der Waals surface area contributed by atoms with Crippen LogP contribution < -0.4 is 10.1 Å². The molecule has 0 aliphatic carbocycles. The van der Waals surface area contributed by atoms with E-state index in [-0.39, 0.29) is 17.7 Å². The molecule has 1 aliphatic rings. The molecule has 0 radical (unpaired) electrons. The number of hydrogen-bond donors (Lipinski definition) is 1. The van der Waals surface area contributed by atoms with E-state index < -0.39 is 6.61 Å². The molecule has 1 N–H and O–H groups in total. The SMILES string of the molecule is Cc1ccc(CN2CCC(Nc3ccc(OC(F)F)cn3)C2=O)cc1. The second-order valence-corrected chi connectivity index (χ2v) is 5.99. The Hall–Kier alpha value is -2.70. The number of anilines is 1. The van der Waals surface area contributed by atoms with Gasteiger partial charge in [0.05, 0.1) is 6.20 Å². The third kappa shape index (κ3) is 4.43. The Morgan fingerprint density at radius 2 is 2.04 bits per heavy atom. The minimum atomic E-state index is -2.88. The number of pyridine rings is 1. The maximum atomic E-state index is 12.5. The lowest BCUT2D eigenvalue weighted by Gasteiger charge is -2.17. The lowest BCUT2D eigenvalue weighted by Crippen LogP contribution is -2.33. The molecule has 132 valence electrons. The Morgan fingerprint density at radius 3 is 2.68 bits per heavy atom. The van der Waals surface area contributed by atoms with Gasteiger partial charge >= 0.3 is 6.61 Å². The molecule has 1 fully saturated rings. The summed E-state index contributed by atoms with van der Waals surface area (Å²) < 4.78 is 28.5. The first kappa shape index (κ1) is 17.1. The second-order valence-electron chi connectivity index (χ2n) is 5.99. The molecule has 2 heterocycles. The predicted octanol–water partition coefficient (Wildman–Crippen LogP) is 3.20. The number of amides is 1. The zero-order valence-corrected chi connectivity index (χ0v) is 13.8. The molecule has 1 amide bonds. The van der Waals surface area contributed by atoms with Crippen molar-refractivity contribution in [1.82, 2.24) is 9.88 Å². The molecule has 3 rings (SSSR count). The number of hydrogen-bond acceptors (Lipinski definition) is 4. The van der Waals surface area contributed by atoms with E-state index in [0.717, 1.165) is 5.56 Å². The van der Waals surface area contributed by atoms with E-state index >= 15 is 0 Å². The topological polar surface area (TPSA) is 54.5 Å². The molecule has 1 aromatic carbocycles. The quantitative estimate of drug-likeness (QED) is 0.872. The van der Waals surface area contributed by atoms with E-state index in [9.17, 15) is 13.6 Å². The van der Waals surface area contributed by atoms with Crippen LogP contribution >= 0.6 is 0 Å². The molecule has 0 spiro atoms. The number of rotatable bonds is 6. The highest BCUT2D eigenvalue weighted by Gasteiger charge is 2.31. The van der Waals surface area contributed by atoms with Crippen LogP contribution in [0.25, 0.3) is 0 Å². The van der Waals surface area contributed by atoms with Crippen molar-refractivity contribution in [2.75, 3.05) is 11.9 Å². The Balaban J connectivity index is 1.57. The van der Waals surface area contributed by atoms with Crippen LogP contribution in [-0.4, -0.2) is 35.0 Å². The van der Waals surface area contributed by atoms with Crippen molar-refractivity contribution in [3.8, 4) is 5.75 Å². The van der Waals surface area contributed by atoms with Crippen molar-refractivity contribution in [2.24, 2.45) is 0 Å². The molecule has 2 aromatic rings. The first-order valence-corrected chi connectivity index (χ1v) is 8.03. The molecule has 7 heteroatoms. The van der Waals surface area contributed by atoms with E-state index in [1.165, 1.54) is 23.9 Å². The van der Waals surface area contributed by atoms with Crippen LogP contribution in [0.2, 0.25) is 0 Å². The van der Waals surface area contributed by atoms with Crippen molar-refractivity contribution < 1.29 is 18.3 Å². The molecular weight excluding hydrogens is 328 g/mol. The summed E-state index contributed by atoms with van der Waals surface area (Å²) in [5, 5.41) is 3.05. The molecule has 1 unspecified atom stereocenters. The first-order chi connectivity index (χ1) is 12.0. The average molecular weight is 347 g/mol. The van der Waals surface area contributed by atoms with Gasteiger partial charge in [0.15, 0.2) is 0 Å². The Kier molecular flexibility index (Phi) is 5.11. The summed E-state index contributed by atoms with van der Waals surface area (Å²) in [6, 6.07) is 10.6. The van der Waals surface area contributed by atoms with E-state index in [1.54, 1.807) is 4.90 Å². The van der Waals surface area contributed by atoms with Crippen LogP contribution in [0.3, 0.4) is 0 Å². The van der Waals surface area contributed by atoms with E-state index in [4.69, 9.17) is 0 Å². The number of nitrogens with zero attached hydrogens (tertiary/aromatic N) is 2. The highest BCUT2D eigenvalue weighted by molar-refractivity contribution is 5.86. The van der Waals surface area contributed by atoms with Crippen LogP contribution in [0.15, 0.2) is 42.6 Å². The number of carbonyl (C=O) groups excluding carboxylic acids is 1. The molecular formula is C18H19F2N3O2. The van der Waals surface area contributed by atoms with Crippen molar-refractivity contribution in [1.29, 1.82) is 0 Å². The summed E-state index contributed by atoms with van der Waals surface area (Å²) in [6.07, 6.45) is 1.87. The number of aryl methyl sites for hydroxylation is 1. The fraction of sp³-hybridized carbons (Fsp3) is 0.333. The van der Waals surface area contributed by atoms with Gasteiger partial charge in [-0.15, -0.1) is 0 Å². The average Bonchev–Trinajstić information content (AvgIpc) is 2.91. The fourth-order valence-corrected chi connectivity index (χ4v) is 2.76. The van der Waals surface area contributed by atoms with Crippen LogP contribution in [0.5, 0.6) is 5.75 Å². The molecule has 1 aliphatic heterocycles. The Labute approximate surface area is 144 Å². The van der Waals surface area contributed by atoms with Gasteiger partial charge in [0.2, 0.25) is 5.91 Å². The van der Waals surface area contributed by atoms with E-state index in [2.05, 4.69) is 15.0 Å². The van der Waals surface area contributed by atoms with Gasteiger partial charge in [-0.25, -0.2) is 4.98 Å². The van der Waals surface area contributed by atoms with Crippen LogP contribution in [0.4, 0.5) is 14.6 Å². The van der Waals surface area contributed by atoms with Gasteiger partial charge in [-0.3, -0.25) is 4.79 Å². The minimum absolute atomic E-state index is 0.00952. The maximum absolute atomic E-state index is 12.5. The van der Waals surface area contributed by atoms with Gasteiger partial charge in [0.1, 0.15) is 17.6 Å². The van der Waals surface area contributed by atoms with Gasteiger partial charge < -0.3 is 15.0 Å². The summed E-state index contributed by atoms with van der Waals surface area (Å²) in [5.41, 5.74) is 2.27. The summed E-state index contributed by atoms with van der Waals surface area (Å²) in [7, 11) is 0. The maximum Gasteiger partial charge on any atom is 0.387 e. The first-order valence-electron chi connectivity index (χ1n) is 8.03. The number of halogens is 2. The van der Waals surface area contributed by atoms with Gasteiger partial charge in [0, 0.05) is 13.1 Å². The third-order valence-electron chi connectivity index (χ3n) is 4.08. The molecule has 1 aromatic heterocycles. The van der Waals surface area contributed by atoms with E-state index in [1.807, 2.05) is 31.2 Å². The molecule has 0 saturated carbocycles. The Bertz CT molecular complexity index is 720. The molecule has 0 bridgehead atoms. The monoisotopic (exact) mass is 347 g/mol. The van der Waals surface area contributed by atoms with Crippen molar-refractivity contribution in [3.05, 3.63) is 53.7 Å². The number of carbonyl (C=O) groups is 1. The van der Waals surface area contributed by atoms with E-state index in [0.29, 0.717) is 25.3 Å². The number of likely N-dealkylation sites (tertiary alicyclic amines) is 1. The van der Waals surface area contributed by atoms with Crippen molar-refractivity contribution in [2.45, 2.75) is 32.5 Å². The fourth-order valence-electron chi connectivity index (χ4n) is 2.76. The number of alkyl halides is 2. The zero-order chi connectivity index (χ0) is 17.8. The zero-order valence-electron chi connectivity index (χ0n) is 13.8. The molecule has 5 nitrogen and oxygen atoms in total. The lowest BCUT2D eigenvalue weighted by atomic mass is 10.1. The normalized spacial score (nSPS) is 17.2. The lowest BCUT2D eigenvalue weighted by molar-refractivity contribution is -0.128. The van der Waals surface area contributed by atoms with Crippen LogP contribution in [-0.2, 0) is 11.3 Å². The Morgan fingerprint density at radius 1 is 1.28 bits per heavy atom. The molecule has 1 atom stereocenters. The van der Waals surface area contributed by atoms with Crippen molar-refractivity contribution in [3.63, 3.8) is 0 Å². The van der Waals surface area contributed by atoms with Crippen LogP contribution in [0, 0.1) is 6.92 Å². The number of nitrogens with one attached hydrogen (secondary N) is 1. The van der Waals surface area contributed by atoms with Gasteiger partial charge in [-0.1, -0.05) is 29.8 Å². The van der Waals surface area contributed by atoms with Gasteiger partial charge in [0.25, 0.3) is 0 Å². The summed E-state index contributed by atoms with van der Waals surface area (Å²) in [6.45, 7) is 0.380. The second kappa shape index (κ2) is 7.46. The van der Waals surface area contributed by atoms with Crippen molar-refractivity contribution >= 4 is 11.7 Å². The van der Waals surface area contributed by atoms with Crippen LogP contribution in [0.1, 0.15) is 17.5 Å². The number of ether oxygens (including phenoxy) is 1. The highest BCUT2D eigenvalue weighted by atomic mass is 19.3. The smallest absolute Gasteiger partial charge is 0.387 e. The van der Waals surface area contributed by atoms with Gasteiger partial charge in [-0.05, 0) is 31.0 Å². The predicted molar refractivity (Wildman–Crippen MR) is 89.5 cm³/mol. The number of benzene rings is 1. The third-order valence-corrected chi connectivity index (χ3v) is 4.08. The summed E-state index contributed by atoms with van der Waals surface area (Å²) in [4.78, 5) is 18.3. The largest absolute Gasteiger partial charge is 0.433 e. The summed E-state index contributed by atoms with van der Waals surface area (Å²) >= 11 is 0. The van der Waals surface area contributed by atoms with Gasteiger partial charge in [-0.2, -0.15) is 8.78 Å². The molecule has 1 saturated heterocycles.